The summed E-state index contributed by atoms with van der Waals surface area (Å²) in [4.78, 5) is 2.32. The average molecular weight is 342 g/mol. The van der Waals surface area contributed by atoms with E-state index < -0.39 is 11.2 Å². The molecular weight excluding hydrogens is 325 g/mol. The molecule has 1 aromatic carbocycles. The minimum absolute atomic E-state index is 0.0859. The highest BCUT2D eigenvalue weighted by atomic mass is 32.1. The second kappa shape index (κ2) is 6.45. The molecule has 1 fully saturated rings. The quantitative estimate of drug-likeness (QED) is 0.921. The first-order valence-electron chi connectivity index (χ1n) is 7.37. The lowest BCUT2D eigenvalue weighted by Crippen LogP contribution is -2.28. The van der Waals surface area contributed by atoms with Crippen molar-refractivity contribution in [2.45, 2.75) is 38.1 Å². The molecule has 0 bridgehead atoms. The summed E-state index contributed by atoms with van der Waals surface area (Å²) in [6.07, 6.45) is -3.56. The van der Waals surface area contributed by atoms with Crippen LogP contribution in [0.5, 0.6) is 0 Å². The van der Waals surface area contributed by atoms with Crippen LogP contribution in [-0.2, 0) is 12.7 Å². The van der Waals surface area contributed by atoms with Gasteiger partial charge in [0.15, 0.2) is 0 Å². The predicted octanol–water partition coefficient (Wildman–Crippen LogP) is 3.63. The Morgan fingerprint density at radius 2 is 2.00 bits per heavy atom. The van der Waals surface area contributed by atoms with Gasteiger partial charge in [0.1, 0.15) is 0 Å². The van der Waals surface area contributed by atoms with Gasteiger partial charge in [0, 0.05) is 25.2 Å². The van der Waals surface area contributed by atoms with E-state index in [0.29, 0.717) is 17.4 Å². The molecule has 1 aliphatic heterocycles. The van der Waals surface area contributed by atoms with Crippen molar-refractivity contribution >= 4 is 16.5 Å². The van der Waals surface area contributed by atoms with E-state index in [9.17, 15) is 13.2 Å². The van der Waals surface area contributed by atoms with Gasteiger partial charge in [0.2, 0.25) is 10.1 Å². The smallest absolute Gasteiger partial charge is 0.356 e. The summed E-state index contributed by atoms with van der Waals surface area (Å²) in [7, 11) is 0. The summed E-state index contributed by atoms with van der Waals surface area (Å²) in [5, 5.41) is 9.21. The van der Waals surface area contributed by atoms with E-state index in [1.807, 2.05) is 18.2 Å². The van der Waals surface area contributed by atoms with E-state index in [0.717, 1.165) is 19.5 Å². The van der Waals surface area contributed by atoms with Crippen molar-refractivity contribution in [1.82, 2.24) is 15.1 Å². The predicted molar refractivity (Wildman–Crippen MR) is 83.3 cm³/mol. The zero-order valence-electron chi connectivity index (χ0n) is 12.5. The van der Waals surface area contributed by atoms with Crippen molar-refractivity contribution in [3.05, 3.63) is 40.9 Å². The second-order valence-electron chi connectivity index (χ2n) is 5.75. The summed E-state index contributed by atoms with van der Waals surface area (Å²) < 4.78 is 37.7. The molecular formula is C15H17F3N4S. The van der Waals surface area contributed by atoms with Crippen LogP contribution in [-0.4, -0.2) is 33.7 Å². The lowest BCUT2D eigenvalue weighted by atomic mass is 10.2. The van der Waals surface area contributed by atoms with Crippen LogP contribution in [0, 0.1) is 0 Å². The Hall–Kier alpha value is -1.67. The zero-order valence-corrected chi connectivity index (χ0v) is 13.4. The number of rotatable bonds is 4. The number of nitrogens with zero attached hydrogens (tertiary/aromatic N) is 3. The lowest BCUT2D eigenvalue weighted by molar-refractivity contribution is -0.138. The number of anilines is 1. The molecule has 3 rings (SSSR count). The van der Waals surface area contributed by atoms with E-state index >= 15 is 0 Å². The first kappa shape index (κ1) is 16.2. The van der Waals surface area contributed by atoms with Crippen LogP contribution in [0.15, 0.2) is 30.3 Å². The van der Waals surface area contributed by atoms with Gasteiger partial charge in [-0.1, -0.05) is 41.7 Å². The van der Waals surface area contributed by atoms with Crippen LogP contribution in [0.1, 0.15) is 23.9 Å². The summed E-state index contributed by atoms with van der Waals surface area (Å²) in [5.74, 6) is 0. The van der Waals surface area contributed by atoms with Gasteiger partial charge in [-0.05, 0) is 18.9 Å². The van der Waals surface area contributed by atoms with Crippen molar-refractivity contribution in [2.24, 2.45) is 0 Å². The maximum absolute atomic E-state index is 12.6. The van der Waals surface area contributed by atoms with Crippen LogP contribution in [0.2, 0.25) is 0 Å². The summed E-state index contributed by atoms with van der Waals surface area (Å²) in [6.45, 7) is 3.74. The monoisotopic (exact) mass is 342 g/mol. The minimum Gasteiger partial charge on any atom is -0.356 e. The van der Waals surface area contributed by atoms with E-state index in [1.165, 1.54) is 5.56 Å². The maximum atomic E-state index is 12.6. The van der Waals surface area contributed by atoms with Gasteiger partial charge in [0.25, 0.3) is 0 Å². The van der Waals surface area contributed by atoms with E-state index in [4.69, 9.17) is 0 Å². The molecule has 0 aliphatic carbocycles. The summed E-state index contributed by atoms with van der Waals surface area (Å²) >= 11 is 0.556. The van der Waals surface area contributed by atoms with Gasteiger partial charge in [-0.3, -0.25) is 4.90 Å². The van der Waals surface area contributed by atoms with Gasteiger partial charge in [-0.2, -0.15) is 13.2 Å². The highest BCUT2D eigenvalue weighted by Gasteiger charge is 2.36. The summed E-state index contributed by atoms with van der Waals surface area (Å²) in [6, 6.07) is 10.6. The first-order valence-corrected chi connectivity index (χ1v) is 8.18. The van der Waals surface area contributed by atoms with Crippen molar-refractivity contribution in [2.75, 3.05) is 11.9 Å². The Balaban J connectivity index is 1.59. The van der Waals surface area contributed by atoms with Crippen LogP contribution in [0.25, 0.3) is 0 Å². The molecule has 8 heteroatoms. The molecule has 1 N–H and O–H groups in total. The molecule has 0 spiro atoms. The van der Waals surface area contributed by atoms with Crippen LogP contribution in [0.4, 0.5) is 18.3 Å². The first-order chi connectivity index (χ1) is 10.9. The van der Waals surface area contributed by atoms with Crippen molar-refractivity contribution in [3.8, 4) is 0 Å². The molecule has 2 unspecified atom stereocenters. The fraction of sp³-hybridized carbons (Fsp3) is 0.467. The number of halogens is 3. The highest BCUT2D eigenvalue weighted by Crippen LogP contribution is 2.34. The van der Waals surface area contributed by atoms with Crippen LogP contribution >= 0.6 is 11.3 Å². The number of likely N-dealkylation sites (tertiary alicyclic amines) is 1. The van der Waals surface area contributed by atoms with Crippen molar-refractivity contribution < 1.29 is 13.2 Å². The van der Waals surface area contributed by atoms with Crippen molar-refractivity contribution in [1.29, 1.82) is 0 Å². The number of hydrogen-bond donors (Lipinski definition) is 1. The Morgan fingerprint density at radius 3 is 2.65 bits per heavy atom. The minimum atomic E-state index is -4.43. The molecule has 0 amide bonds. The van der Waals surface area contributed by atoms with E-state index in [1.54, 1.807) is 0 Å². The fourth-order valence-corrected chi connectivity index (χ4v) is 3.50. The van der Waals surface area contributed by atoms with Gasteiger partial charge in [-0.15, -0.1) is 10.2 Å². The number of aromatic nitrogens is 2. The fourth-order valence-electron chi connectivity index (χ4n) is 2.81. The molecule has 2 atom stereocenters. The molecule has 1 saturated heterocycles. The molecule has 124 valence electrons. The number of benzene rings is 1. The largest absolute Gasteiger partial charge is 0.445 e. The van der Waals surface area contributed by atoms with Gasteiger partial charge < -0.3 is 5.32 Å². The lowest BCUT2D eigenvalue weighted by Gasteiger charge is -2.20. The molecule has 0 saturated carbocycles. The average Bonchev–Trinajstić information content (AvgIpc) is 3.08. The van der Waals surface area contributed by atoms with Gasteiger partial charge >= 0.3 is 6.18 Å². The normalized spacial score (nSPS) is 22.4. The highest BCUT2D eigenvalue weighted by molar-refractivity contribution is 7.15. The zero-order chi connectivity index (χ0) is 16.4. The van der Waals surface area contributed by atoms with Crippen LogP contribution in [0.3, 0.4) is 0 Å². The SMILES string of the molecule is CC1CC(Nc2nnc(C(F)(F)F)s2)CN1Cc1ccccc1. The molecule has 1 aliphatic rings. The van der Waals surface area contributed by atoms with Gasteiger partial charge in [0.05, 0.1) is 0 Å². The topological polar surface area (TPSA) is 41.1 Å². The van der Waals surface area contributed by atoms with Gasteiger partial charge in [-0.25, -0.2) is 0 Å². The number of hydrogen-bond acceptors (Lipinski definition) is 5. The van der Waals surface area contributed by atoms with Crippen molar-refractivity contribution in [3.63, 3.8) is 0 Å². The Kier molecular flexibility index (Phi) is 4.54. The molecule has 2 heterocycles. The Labute approximate surface area is 136 Å². The molecule has 2 aromatic rings. The Morgan fingerprint density at radius 1 is 1.26 bits per heavy atom. The third-order valence-electron chi connectivity index (χ3n) is 3.93. The Bertz CT molecular complexity index is 644. The van der Waals surface area contributed by atoms with E-state index in [-0.39, 0.29) is 11.2 Å². The number of nitrogens with one attached hydrogen (secondary N) is 1. The maximum Gasteiger partial charge on any atom is 0.445 e. The molecule has 4 nitrogen and oxygen atoms in total. The van der Waals surface area contributed by atoms with E-state index in [2.05, 4.69) is 39.5 Å². The summed E-state index contributed by atoms with van der Waals surface area (Å²) in [5.41, 5.74) is 1.23. The molecule has 0 radical (unpaired) electrons. The molecule has 23 heavy (non-hydrogen) atoms. The third-order valence-corrected chi connectivity index (χ3v) is 4.83. The number of alkyl halides is 3. The second-order valence-corrected chi connectivity index (χ2v) is 6.73. The standard InChI is InChI=1S/C15H17F3N4S/c1-10-7-12(9-22(10)8-11-5-3-2-4-6-11)19-14-21-20-13(23-14)15(16,17)18/h2-6,10,12H,7-9H2,1H3,(H,19,21). The molecule has 1 aromatic heterocycles. The third kappa shape index (κ3) is 4.00. The van der Waals surface area contributed by atoms with Crippen LogP contribution < -0.4 is 5.32 Å².